The average molecular weight is 563 g/mol. The number of phosphoric acid groups is 1. The van der Waals surface area contributed by atoms with Gasteiger partial charge < -0.3 is 19.3 Å². The number of unbranched alkanes of at least 4 members (excludes halogenated alkanes) is 15. The molecule has 0 bridgehead atoms. The van der Waals surface area contributed by atoms with E-state index in [1.807, 2.05) is 6.92 Å². The van der Waals surface area contributed by atoms with E-state index in [2.05, 4.69) is 23.6 Å². The number of carbonyl (C=O) groups is 2. The van der Waals surface area contributed by atoms with Gasteiger partial charge in [-0.1, -0.05) is 103 Å². The van der Waals surface area contributed by atoms with Crippen molar-refractivity contribution in [1.82, 2.24) is 0 Å². The average Bonchev–Trinajstić information content (AvgIpc) is 2.87. The van der Waals surface area contributed by atoms with Crippen molar-refractivity contribution in [2.45, 2.75) is 148 Å². The lowest BCUT2D eigenvalue weighted by molar-refractivity contribution is -0.161. The molecule has 0 aliphatic rings. The second kappa shape index (κ2) is 26.0. The van der Waals surface area contributed by atoms with Crippen LogP contribution >= 0.6 is 7.82 Å². The summed E-state index contributed by atoms with van der Waals surface area (Å²) in [6.07, 6.45) is 24.9. The molecule has 0 aliphatic heterocycles. The van der Waals surface area contributed by atoms with Crippen molar-refractivity contribution >= 4 is 19.8 Å². The summed E-state index contributed by atoms with van der Waals surface area (Å²) in [5, 5.41) is 0. The Kier molecular flexibility index (Phi) is 25.2. The van der Waals surface area contributed by atoms with Crippen LogP contribution in [0.3, 0.4) is 0 Å². The molecule has 1 unspecified atom stereocenters. The lowest BCUT2D eigenvalue weighted by Gasteiger charge is -2.18. The van der Waals surface area contributed by atoms with E-state index in [9.17, 15) is 14.2 Å². The zero-order valence-corrected chi connectivity index (χ0v) is 25.0. The number of allylic oxidation sites excluding steroid dienone is 2. The summed E-state index contributed by atoms with van der Waals surface area (Å²) in [4.78, 5) is 41.6. The molecule has 9 heteroatoms. The highest BCUT2D eigenvalue weighted by Crippen LogP contribution is 2.35. The van der Waals surface area contributed by atoms with Gasteiger partial charge in [-0.3, -0.25) is 14.1 Å². The van der Waals surface area contributed by atoms with Crippen molar-refractivity contribution in [3.05, 3.63) is 12.2 Å². The van der Waals surface area contributed by atoms with Crippen LogP contribution in [0, 0.1) is 0 Å². The highest BCUT2D eigenvalue weighted by molar-refractivity contribution is 7.46. The molecule has 0 spiro atoms. The first-order valence-corrected chi connectivity index (χ1v) is 16.5. The maximum Gasteiger partial charge on any atom is 0.469 e. The molecule has 0 aromatic rings. The zero-order chi connectivity index (χ0) is 28.3. The molecule has 2 N–H and O–H groups in total. The monoisotopic (exact) mass is 562 g/mol. The second-order valence-electron chi connectivity index (χ2n) is 10.1. The van der Waals surface area contributed by atoms with E-state index >= 15 is 0 Å². The van der Waals surface area contributed by atoms with Crippen molar-refractivity contribution in [2.24, 2.45) is 0 Å². The molecule has 0 aromatic heterocycles. The third kappa shape index (κ3) is 27.8. The fraction of sp³-hybridized carbons (Fsp3) is 0.862. The smallest absolute Gasteiger partial charge is 0.462 e. The first-order valence-electron chi connectivity index (χ1n) is 15.0. The maximum absolute atomic E-state index is 12.1. The summed E-state index contributed by atoms with van der Waals surface area (Å²) in [5.74, 6) is -0.930. The third-order valence-electron chi connectivity index (χ3n) is 6.28. The van der Waals surface area contributed by atoms with Gasteiger partial charge in [0.05, 0.1) is 6.61 Å². The van der Waals surface area contributed by atoms with Gasteiger partial charge >= 0.3 is 19.8 Å². The SMILES string of the molecule is CCCCCCCCC/C=C\CCCCCCCCCC(=O)OC(COC(=O)CCCC)COP(=O)(O)O. The maximum atomic E-state index is 12.1. The van der Waals surface area contributed by atoms with Gasteiger partial charge in [-0.15, -0.1) is 0 Å². The van der Waals surface area contributed by atoms with Crippen LogP contribution in [-0.4, -0.2) is 41.0 Å². The van der Waals surface area contributed by atoms with Crippen molar-refractivity contribution in [1.29, 1.82) is 0 Å². The highest BCUT2D eigenvalue weighted by Gasteiger charge is 2.22. The van der Waals surface area contributed by atoms with Crippen molar-refractivity contribution in [3.63, 3.8) is 0 Å². The fourth-order valence-electron chi connectivity index (χ4n) is 3.99. The molecular weight excluding hydrogens is 507 g/mol. The van der Waals surface area contributed by atoms with Crippen molar-refractivity contribution in [2.75, 3.05) is 13.2 Å². The molecular formula is C29H55O8P. The molecule has 38 heavy (non-hydrogen) atoms. The van der Waals surface area contributed by atoms with Crippen LogP contribution in [0.2, 0.25) is 0 Å². The van der Waals surface area contributed by atoms with Gasteiger partial charge in [0.2, 0.25) is 0 Å². The van der Waals surface area contributed by atoms with E-state index in [-0.39, 0.29) is 19.4 Å². The number of hydrogen-bond acceptors (Lipinski definition) is 6. The van der Waals surface area contributed by atoms with Crippen LogP contribution in [-0.2, 0) is 28.2 Å². The Morgan fingerprint density at radius 3 is 1.66 bits per heavy atom. The van der Waals surface area contributed by atoms with Crippen LogP contribution in [0.5, 0.6) is 0 Å². The Bertz CT molecular complexity index is 646. The normalized spacial score (nSPS) is 12.6. The number of rotatable bonds is 27. The first kappa shape index (κ1) is 36.8. The van der Waals surface area contributed by atoms with Crippen LogP contribution in [0.15, 0.2) is 12.2 Å². The molecule has 0 aromatic carbocycles. The largest absolute Gasteiger partial charge is 0.469 e. The molecule has 8 nitrogen and oxygen atoms in total. The third-order valence-corrected chi connectivity index (χ3v) is 6.77. The summed E-state index contributed by atoms with van der Waals surface area (Å²) in [7, 11) is -4.72. The number of phosphoric ester groups is 1. The van der Waals surface area contributed by atoms with Crippen molar-refractivity contribution in [3.8, 4) is 0 Å². The van der Waals surface area contributed by atoms with Crippen LogP contribution < -0.4 is 0 Å². The minimum atomic E-state index is -4.72. The molecule has 0 amide bonds. The highest BCUT2D eigenvalue weighted by atomic mass is 31.2. The molecule has 0 fully saturated rings. The number of esters is 2. The minimum absolute atomic E-state index is 0.208. The van der Waals surface area contributed by atoms with Gasteiger partial charge in [-0.2, -0.15) is 0 Å². The Morgan fingerprint density at radius 2 is 1.13 bits per heavy atom. The molecule has 1 atom stereocenters. The summed E-state index contributed by atoms with van der Waals surface area (Å²) < 4.78 is 25.7. The molecule has 224 valence electrons. The first-order chi connectivity index (χ1) is 18.3. The molecule has 0 radical (unpaired) electrons. The predicted octanol–water partition coefficient (Wildman–Crippen LogP) is 7.95. The fourth-order valence-corrected chi connectivity index (χ4v) is 4.35. The Labute approximate surface area is 231 Å². The van der Waals surface area contributed by atoms with Gasteiger partial charge in [0.15, 0.2) is 6.10 Å². The number of hydrogen-bond donors (Lipinski definition) is 2. The van der Waals surface area contributed by atoms with Crippen molar-refractivity contribution < 1.29 is 37.9 Å². The minimum Gasteiger partial charge on any atom is -0.462 e. The van der Waals surface area contributed by atoms with E-state index < -0.39 is 32.5 Å². The molecule has 0 aliphatic carbocycles. The quantitative estimate of drug-likeness (QED) is 0.0448. The summed E-state index contributed by atoms with van der Waals surface area (Å²) >= 11 is 0. The van der Waals surface area contributed by atoms with E-state index in [0.29, 0.717) is 12.8 Å². The number of ether oxygens (including phenoxy) is 2. The van der Waals surface area contributed by atoms with Gasteiger partial charge in [0, 0.05) is 12.8 Å². The molecule has 0 heterocycles. The Balaban J connectivity index is 3.80. The number of carbonyl (C=O) groups excluding carboxylic acids is 2. The van der Waals surface area contributed by atoms with Gasteiger partial charge in [0.25, 0.3) is 0 Å². The second-order valence-corrected chi connectivity index (χ2v) is 11.3. The summed E-state index contributed by atoms with van der Waals surface area (Å²) in [6.45, 7) is 3.38. The van der Waals surface area contributed by atoms with Gasteiger partial charge in [-0.05, 0) is 38.5 Å². The lowest BCUT2D eigenvalue weighted by Crippen LogP contribution is -2.29. The van der Waals surface area contributed by atoms with Crippen LogP contribution in [0.4, 0.5) is 0 Å². The predicted molar refractivity (Wildman–Crippen MR) is 152 cm³/mol. The Morgan fingerprint density at radius 1 is 0.658 bits per heavy atom. The lowest BCUT2D eigenvalue weighted by atomic mass is 10.1. The van der Waals surface area contributed by atoms with Crippen LogP contribution in [0.1, 0.15) is 142 Å². The summed E-state index contributed by atoms with van der Waals surface area (Å²) in [6, 6.07) is 0. The van der Waals surface area contributed by atoms with E-state index in [4.69, 9.17) is 19.3 Å². The molecule has 0 saturated carbocycles. The Hall–Kier alpha value is -1.21. The van der Waals surface area contributed by atoms with E-state index in [1.54, 1.807) is 0 Å². The van der Waals surface area contributed by atoms with Gasteiger partial charge in [0.1, 0.15) is 6.61 Å². The van der Waals surface area contributed by atoms with E-state index in [0.717, 1.165) is 32.1 Å². The zero-order valence-electron chi connectivity index (χ0n) is 24.1. The standard InChI is InChI=1S/C29H55O8P/c1-3-5-7-8-9-10-11-12-13-14-15-16-17-18-19-20-21-22-24-29(31)37-27(26-36-38(32,33)34)25-35-28(30)23-6-4-2/h13-14,27H,3-12,15-26H2,1-2H3,(H2,32,33,34)/b14-13-. The molecule has 0 rings (SSSR count). The molecule has 0 saturated heterocycles. The topological polar surface area (TPSA) is 119 Å². The van der Waals surface area contributed by atoms with E-state index in [1.165, 1.54) is 70.6 Å². The van der Waals surface area contributed by atoms with Crippen LogP contribution in [0.25, 0.3) is 0 Å². The summed E-state index contributed by atoms with van der Waals surface area (Å²) in [5.41, 5.74) is 0. The van der Waals surface area contributed by atoms with Gasteiger partial charge in [-0.25, -0.2) is 4.57 Å².